The Balaban J connectivity index is 1.74. The van der Waals surface area contributed by atoms with Crippen molar-refractivity contribution in [2.45, 2.75) is 13.5 Å². The van der Waals surface area contributed by atoms with Gasteiger partial charge in [0.15, 0.2) is 0 Å². The molecule has 128 valence electrons. The molecule has 8 heteroatoms. The van der Waals surface area contributed by atoms with Gasteiger partial charge in [0, 0.05) is 34.9 Å². The predicted molar refractivity (Wildman–Crippen MR) is 97.4 cm³/mol. The monoisotopic (exact) mass is 402 g/mol. The van der Waals surface area contributed by atoms with E-state index in [-0.39, 0.29) is 5.69 Å². The highest BCUT2D eigenvalue weighted by Crippen LogP contribution is 2.25. The molecule has 0 bridgehead atoms. The van der Waals surface area contributed by atoms with Gasteiger partial charge in [-0.2, -0.15) is 0 Å². The quantitative estimate of drug-likeness (QED) is 0.465. The first kappa shape index (κ1) is 17.1. The van der Waals surface area contributed by atoms with E-state index in [0.717, 1.165) is 15.7 Å². The standard InChI is InChI=1S/C17H15BrN4O3/c1-11-9-14(7-8-15(11)18)21(2)10-16-19-20-17(25-16)12-3-5-13(6-4-12)22(23)24/h3-9H,10H2,1-2H3. The summed E-state index contributed by atoms with van der Waals surface area (Å²) in [6, 6.07) is 12.1. The molecule has 0 saturated heterocycles. The number of rotatable bonds is 5. The van der Waals surface area contributed by atoms with E-state index in [1.54, 1.807) is 12.1 Å². The van der Waals surface area contributed by atoms with Crippen LogP contribution < -0.4 is 4.90 Å². The molecule has 3 aromatic rings. The first-order valence-electron chi connectivity index (χ1n) is 7.48. The minimum atomic E-state index is -0.446. The lowest BCUT2D eigenvalue weighted by atomic mass is 10.2. The Labute approximate surface area is 152 Å². The molecule has 0 N–H and O–H groups in total. The second-order valence-electron chi connectivity index (χ2n) is 5.59. The molecular formula is C17H15BrN4O3. The lowest BCUT2D eigenvalue weighted by molar-refractivity contribution is -0.384. The summed E-state index contributed by atoms with van der Waals surface area (Å²) in [7, 11) is 1.94. The van der Waals surface area contributed by atoms with Crippen LogP contribution in [0, 0.1) is 17.0 Å². The Morgan fingerprint density at radius 3 is 2.56 bits per heavy atom. The number of anilines is 1. The van der Waals surface area contributed by atoms with Gasteiger partial charge in [-0.15, -0.1) is 10.2 Å². The van der Waals surface area contributed by atoms with Crippen LogP contribution in [0.1, 0.15) is 11.5 Å². The number of nitro benzene ring substituents is 1. The molecule has 0 radical (unpaired) electrons. The zero-order chi connectivity index (χ0) is 18.0. The summed E-state index contributed by atoms with van der Waals surface area (Å²) in [5.41, 5.74) is 2.84. The molecule has 0 unspecified atom stereocenters. The normalized spacial score (nSPS) is 10.7. The molecule has 0 amide bonds. The molecule has 0 aliphatic rings. The van der Waals surface area contributed by atoms with Gasteiger partial charge in [-0.1, -0.05) is 15.9 Å². The average Bonchev–Trinajstić information content (AvgIpc) is 3.05. The fourth-order valence-electron chi connectivity index (χ4n) is 2.32. The van der Waals surface area contributed by atoms with E-state index < -0.39 is 4.92 Å². The summed E-state index contributed by atoms with van der Waals surface area (Å²) >= 11 is 3.49. The third-order valence-electron chi connectivity index (χ3n) is 3.75. The van der Waals surface area contributed by atoms with Gasteiger partial charge in [-0.25, -0.2) is 0 Å². The Hall–Kier alpha value is -2.74. The van der Waals surface area contributed by atoms with Gasteiger partial charge in [-0.3, -0.25) is 10.1 Å². The summed E-state index contributed by atoms with van der Waals surface area (Å²) in [5, 5.41) is 18.8. The van der Waals surface area contributed by atoms with Gasteiger partial charge in [0.1, 0.15) is 0 Å². The number of nitrogens with zero attached hydrogens (tertiary/aromatic N) is 4. The van der Waals surface area contributed by atoms with Crippen LogP contribution in [0.15, 0.2) is 51.4 Å². The first-order valence-corrected chi connectivity index (χ1v) is 8.28. The Kier molecular flexibility index (Phi) is 4.80. The maximum Gasteiger partial charge on any atom is 0.269 e. The highest BCUT2D eigenvalue weighted by molar-refractivity contribution is 9.10. The van der Waals surface area contributed by atoms with Crippen molar-refractivity contribution in [3.63, 3.8) is 0 Å². The lowest BCUT2D eigenvalue weighted by Crippen LogP contribution is -2.16. The number of non-ortho nitro benzene ring substituents is 1. The molecule has 0 spiro atoms. The molecule has 1 aromatic heterocycles. The van der Waals surface area contributed by atoms with E-state index in [0.29, 0.717) is 23.9 Å². The van der Waals surface area contributed by atoms with Gasteiger partial charge in [0.25, 0.3) is 5.69 Å². The molecule has 0 aliphatic carbocycles. The smallest absolute Gasteiger partial charge is 0.269 e. The van der Waals surface area contributed by atoms with Crippen molar-refractivity contribution in [2.75, 3.05) is 11.9 Å². The highest BCUT2D eigenvalue weighted by Gasteiger charge is 2.13. The zero-order valence-electron chi connectivity index (χ0n) is 13.6. The van der Waals surface area contributed by atoms with Gasteiger partial charge in [0.2, 0.25) is 11.8 Å². The Morgan fingerprint density at radius 1 is 1.20 bits per heavy atom. The van der Waals surface area contributed by atoms with Crippen LogP contribution in [0.25, 0.3) is 11.5 Å². The predicted octanol–water partition coefficient (Wildman–Crippen LogP) is 4.35. The van der Waals surface area contributed by atoms with Gasteiger partial charge >= 0.3 is 0 Å². The number of aryl methyl sites for hydroxylation is 1. The van der Waals surface area contributed by atoms with Crippen molar-refractivity contribution in [3.8, 4) is 11.5 Å². The summed E-state index contributed by atoms with van der Waals surface area (Å²) in [4.78, 5) is 12.3. The average molecular weight is 403 g/mol. The number of hydrogen-bond acceptors (Lipinski definition) is 6. The van der Waals surface area contributed by atoms with E-state index in [1.807, 2.05) is 31.0 Å². The molecule has 0 atom stereocenters. The Morgan fingerprint density at radius 2 is 1.92 bits per heavy atom. The van der Waals surface area contributed by atoms with E-state index in [9.17, 15) is 10.1 Å². The lowest BCUT2D eigenvalue weighted by Gasteiger charge is -2.17. The van der Waals surface area contributed by atoms with Crippen molar-refractivity contribution in [1.82, 2.24) is 10.2 Å². The van der Waals surface area contributed by atoms with E-state index in [2.05, 4.69) is 32.2 Å². The van der Waals surface area contributed by atoms with Crippen LogP contribution in [-0.2, 0) is 6.54 Å². The van der Waals surface area contributed by atoms with Crippen LogP contribution in [0.5, 0.6) is 0 Å². The van der Waals surface area contributed by atoms with Gasteiger partial charge in [-0.05, 0) is 42.8 Å². The molecule has 1 heterocycles. The van der Waals surface area contributed by atoms with Gasteiger partial charge < -0.3 is 9.32 Å². The highest BCUT2D eigenvalue weighted by atomic mass is 79.9. The third-order valence-corrected chi connectivity index (χ3v) is 4.64. The molecule has 0 fully saturated rings. The summed E-state index contributed by atoms with van der Waals surface area (Å²) in [6.45, 7) is 2.49. The SMILES string of the molecule is Cc1cc(N(C)Cc2nnc(-c3ccc([N+](=O)[O-])cc3)o2)ccc1Br. The fraction of sp³-hybridized carbons (Fsp3) is 0.176. The van der Waals surface area contributed by atoms with Crippen molar-refractivity contribution < 1.29 is 9.34 Å². The number of hydrogen-bond donors (Lipinski definition) is 0. The summed E-state index contributed by atoms with van der Waals surface area (Å²) in [6.07, 6.45) is 0. The zero-order valence-corrected chi connectivity index (χ0v) is 15.2. The van der Waals surface area contributed by atoms with Gasteiger partial charge in [0.05, 0.1) is 11.5 Å². The number of benzene rings is 2. The van der Waals surface area contributed by atoms with Crippen LogP contribution in [0.2, 0.25) is 0 Å². The second kappa shape index (κ2) is 7.02. The largest absolute Gasteiger partial charge is 0.419 e. The molecule has 0 saturated carbocycles. The number of aromatic nitrogens is 2. The summed E-state index contributed by atoms with van der Waals surface area (Å²) in [5.74, 6) is 0.807. The molecule has 25 heavy (non-hydrogen) atoms. The Bertz CT molecular complexity index is 909. The van der Waals surface area contributed by atoms with Crippen molar-refractivity contribution in [3.05, 3.63) is 68.5 Å². The number of nitro groups is 1. The van der Waals surface area contributed by atoms with Crippen LogP contribution in [0.4, 0.5) is 11.4 Å². The molecule has 3 rings (SSSR count). The third kappa shape index (κ3) is 3.85. The molecular weight excluding hydrogens is 388 g/mol. The van der Waals surface area contributed by atoms with Crippen molar-refractivity contribution >= 4 is 27.3 Å². The van der Waals surface area contributed by atoms with Crippen molar-refractivity contribution in [2.24, 2.45) is 0 Å². The fourth-order valence-corrected chi connectivity index (χ4v) is 2.57. The first-order chi connectivity index (χ1) is 11.9. The van der Waals surface area contributed by atoms with Crippen LogP contribution in [-0.4, -0.2) is 22.2 Å². The van der Waals surface area contributed by atoms with Crippen LogP contribution in [0.3, 0.4) is 0 Å². The maximum atomic E-state index is 10.7. The topological polar surface area (TPSA) is 85.3 Å². The second-order valence-corrected chi connectivity index (χ2v) is 6.45. The molecule has 2 aromatic carbocycles. The molecule has 7 nitrogen and oxygen atoms in total. The maximum absolute atomic E-state index is 10.7. The van der Waals surface area contributed by atoms with E-state index >= 15 is 0 Å². The van der Waals surface area contributed by atoms with Crippen LogP contribution >= 0.6 is 15.9 Å². The van der Waals surface area contributed by atoms with E-state index in [1.165, 1.54) is 12.1 Å². The molecule has 0 aliphatic heterocycles. The van der Waals surface area contributed by atoms with Crippen molar-refractivity contribution in [1.29, 1.82) is 0 Å². The number of halogens is 1. The minimum Gasteiger partial charge on any atom is -0.419 e. The minimum absolute atomic E-state index is 0.0221. The summed E-state index contributed by atoms with van der Waals surface area (Å²) < 4.78 is 6.73. The van der Waals surface area contributed by atoms with E-state index in [4.69, 9.17) is 4.42 Å².